The van der Waals surface area contributed by atoms with Gasteiger partial charge in [-0.2, -0.15) is 9.78 Å². The van der Waals surface area contributed by atoms with E-state index >= 15 is 0 Å². The molecule has 11 nitrogen and oxygen atoms in total. The summed E-state index contributed by atoms with van der Waals surface area (Å²) in [6, 6.07) is 12.8. The Hall–Kier alpha value is -4.54. The summed E-state index contributed by atoms with van der Waals surface area (Å²) in [7, 11) is 6.34. The first-order valence-corrected chi connectivity index (χ1v) is 11.6. The minimum absolute atomic E-state index is 0.170. The number of hydrogen-bond acceptors (Lipinski definition) is 8. The lowest BCUT2D eigenvalue weighted by molar-refractivity contribution is -0.389. The third kappa shape index (κ3) is 4.80. The Morgan fingerprint density at radius 1 is 0.811 bits per heavy atom. The molecule has 11 heteroatoms. The fraction of sp³-hybridized carbons (Fsp3) is 0.308. The molecule has 37 heavy (non-hydrogen) atoms. The van der Waals surface area contributed by atoms with E-state index in [9.17, 15) is 10.1 Å². The quantitative estimate of drug-likeness (QED) is 0.223. The molecule has 0 saturated carbocycles. The van der Waals surface area contributed by atoms with Crippen LogP contribution in [0, 0.1) is 17.0 Å². The van der Waals surface area contributed by atoms with Crippen molar-refractivity contribution in [2.24, 2.45) is 0 Å². The first-order chi connectivity index (χ1) is 17.8. The molecule has 0 N–H and O–H groups in total. The van der Waals surface area contributed by atoms with E-state index in [1.807, 2.05) is 36.4 Å². The highest BCUT2D eigenvalue weighted by Gasteiger charge is 2.24. The number of rotatable bonds is 10. The zero-order chi connectivity index (χ0) is 26.7. The van der Waals surface area contributed by atoms with Crippen molar-refractivity contribution in [3.05, 3.63) is 63.8 Å². The van der Waals surface area contributed by atoms with Gasteiger partial charge in [0.25, 0.3) is 0 Å². The molecule has 0 unspecified atom stereocenters. The summed E-state index contributed by atoms with van der Waals surface area (Å²) in [5.41, 5.74) is 4.93. The molecule has 0 amide bonds. The van der Waals surface area contributed by atoms with Crippen LogP contribution in [-0.2, 0) is 13.1 Å². The maximum absolute atomic E-state index is 11.3. The summed E-state index contributed by atoms with van der Waals surface area (Å²) in [4.78, 5) is 10.8. The van der Waals surface area contributed by atoms with E-state index in [1.54, 1.807) is 44.7 Å². The van der Waals surface area contributed by atoms with Crippen molar-refractivity contribution >= 4 is 5.82 Å². The number of nitro groups is 1. The van der Waals surface area contributed by atoms with Gasteiger partial charge in [0.05, 0.1) is 56.7 Å². The molecule has 4 aromatic rings. The van der Waals surface area contributed by atoms with Crippen molar-refractivity contribution < 1.29 is 23.9 Å². The van der Waals surface area contributed by atoms with E-state index < -0.39 is 4.92 Å². The molecular weight excluding hydrogens is 478 g/mol. The molecule has 2 aromatic carbocycles. The van der Waals surface area contributed by atoms with E-state index in [0.29, 0.717) is 35.1 Å². The highest BCUT2D eigenvalue weighted by atomic mass is 16.6. The van der Waals surface area contributed by atoms with Crippen LogP contribution >= 0.6 is 0 Å². The topological polar surface area (TPSA) is 116 Å². The molecule has 0 radical (unpaired) electrons. The molecule has 0 spiro atoms. The Kier molecular flexibility index (Phi) is 7.32. The smallest absolute Gasteiger partial charge is 0.390 e. The Morgan fingerprint density at radius 2 is 1.38 bits per heavy atom. The van der Waals surface area contributed by atoms with Gasteiger partial charge in [-0.1, -0.05) is 6.92 Å². The maximum atomic E-state index is 11.3. The van der Waals surface area contributed by atoms with Crippen molar-refractivity contribution in [1.82, 2.24) is 19.6 Å². The summed E-state index contributed by atoms with van der Waals surface area (Å²) in [5.74, 6) is 2.17. The normalized spacial score (nSPS) is 10.9. The standard InChI is InChI=1S/C26H29N5O6/c1-7-19-25(17-8-10-20(34-3)22(13-17)36-5)28-30(15-29-16(2)12-24(27-29)31(32)33)26(19)18-9-11-21(35-4)23(14-18)37-6/h8-14H,7,15H2,1-6H3. The van der Waals surface area contributed by atoms with Gasteiger partial charge >= 0.3 is 5.82 Å². The minimum Gasteiger partial charge on any atom is -0.493 e. The summed E-state index contributed by atoms with van der Waals surface area (Å²) in [6.45, 7) is 4.00. The van der Waals surface area contributed by atoms with Crippen LogP contribution < -0.4 is 18.9 Å². The van der Waals surface area contributed by atoms with Crippen molar-refractivity contribution in [2.75, 3.05) is 28.4 Å². The van der Waals surface area contributed by atoms with Gasteiger partial charge in [-0.25, -0.2) is 4.68 Å². The second-order valence-corrected chi connectivity index (χ2v) is 8.21. The summed E-state index contributed by atoms with van der Waals surface area (Å²) < 4.78 is 25.3. The van der Waals surface area contributed by atoms with Crippen LogP contribution in [0.15, 0.2) is 42.5 Å². The van der Waals surface area contributed by atoms with Crippen LogP contribution in [0.2, 0.25) is 0 Å². The number of aromatic nitrogens is 4. The van der Waals surface area contributed by atoms with Crippen LogP contribution in [0.1, 0.15) is 18.2 Å². The van der Waals surface area contributed by atoms with Gasteiger partial charge in [-0.05, 0) is 54.7 Å². The number of benzene rings is 2. The predicted octanol–water partition coefficient (Wildman–Crippen LogP) is 4.73. The number of aryl methyl sites for hydroxylation is 1. The first kappa shape index (κ1) is 25.5. The average Bonchev–Trinajstić information content (AvgIpc) is 3.47. The summed E-state index contributed by atoms with van der Waals surface area (Å²) in [6.07, 6.45) is 0.672. The number of methoxy groups -OCH3 is 4. The van der Waals surface area contributed by atoms with Crippen molar-refractivity contribution in [1.29, 1.82) is 0 Å². The van der Waals surface area contributed by atoms with Gasteiger partial charge in [0.15, 0.2) is 29.7 Å². The lowest BCUT2D eigenvalue weighted by Gasteiger charge is -2.13. The van der Waals surface area contributed by atoms with Crippen LogP contribution in [0.5, 0.6) is 23.0 Å². The minimum atomic E-state index is -0.506. The van der Waals surface area contributed by atoms with Gasteiger partial charge in [0.2, 0.25) is 0 Å². The third-order valence-corrected chi connectivity index (χ3v) is 6.14. The van der Waals surface area contributed by atoms with Crippen molar-refractivity contribution in [3.8, 4) is 45.5 Å². The fourth-order valence-corrected chi connectivity index (χ4v) is 4.31. The molecule has 0 bridgehead atoms. The Morgan fingerprint density at radius 3 is 1.89 bits per heavy atom. The monoisotopic (exact) mass is 507 g/mol. The van der Waals surface area contributed by atoms with Crippen LogP contribution in [0.25, 0.3) is 22.5 Å². The molecule has 194 valence electrons. The zero-order valence-electron chi connectivity index (χ0n) is 21.6. The van der Waals surface area contributed by atoms with Gasteiger partial charge in [0, 0.05) is 16.7 Å². The van der Waals surface area contributed by atoms with Gasteiger partial charge in [-0.15, -0.1) is 0 Å². The number of nitrogens with zero attached hydrogens (tertiary/aromatic N) is 5. The third-order valence-electron chi connectivity index (χ3n) is 6.14. The Bertz CT molecular complexity index is 1440. The van der Waals surface area contributed by atoms with E-state index in [1.165, 1.54) is 6.07 Å². The number of hydrogen-bond donors (Lipinski definition) is 0. The van der Waals surface area contributed by atoms with E-state index in [2.05, 4.69) is 12.0 Å². The van der Waals surface area contributed by atoms with Crippen molar-refractivity contribution in [3.63, 3.8) is 0 Å². The Labute approximate surface area is 214 Å². The lowest BCUT2D eigenvalue weighted by atomic mass is 9.99. The predicted molar refractivity (Wildman–Crippen MR) is 138 cm³/mol. The lowest BCUT2D eigenvalue weighted by Crippen LogP contribution is -2.14. The summed E-state index contributed by atoms with van der Waals surface area (Å²) in [5, 5.41) is 20.4. The van der Waals surface area contributed by atoms with Gasteiger partial charge in [-0.3, -0.25) is 0 Å². The molecule has 0 aliphatic carbocycles. The molecule has 0 aliphatic heterocycles. The van der Waals surface area contributed by atoms with E-state index in [4.69, 9.17) is 24.0 Å². The van der Waals surface area contributed by atoms with Gasteiger partial charge in [0.1, 0.15) is 0 Å². The van der Waals surface area contributed by atoms with Crippen molar-refractivity contribution in [2.45, 2.75) is 26.9 Å². The van der Waals surface area contributed by atoms with Crippen LogP contribution in [-0.4, -0.2) is 52.9 Å². The zero-order valence-corrected chi connectivity index (χ0v) is 21.6. The maximum Gasteiger partial charge on any atom is 0.390 e. The molecule has 2 heterocycles. The van der Waals surface area contributed by atoms with E-state index in [-0.39, 0.29) is 12.5 Å². The summed E-state index contributed by atoms with van der Waals surface area (Å²) >= 11 is 0. The molecule has 2 aromatic heterocycles. The molecule has 0 saturated heterocycles. The Balaban J connectivity index is 1.94. The molecule has 4 rings (SSSR count). The first-order valence-electron chi connectivity index (χ1n) is 11.6. The largest absolute Gasteiger partial charge is 0.493 e. The van der Waals surface area contributed by atoms with E-state index in [0.717, 1.165) is 28.1 Å². The number of ether oxygens (including phenoxy) is 4. The second-order valence-electron chi connectivity index (χ2n) is 8.21. The molecule has 0 fully saturated rings. The SMILES string of the molecule is CCc1c(-c2ccc(OC)c(OC)c2)nn(Cn2nc([N+](=O)[O-])cc2C)c1-c1ccc(OC)c(OC)c1. The highest BCUT2D eigenvalue weighted by molar-refractivity contribution is 5.77. The van der Waals surface area contributed by atoms with Crippen LogP contribution in [0.3, 0.4) is 0 Å². The molecular formula is C26H29N5O6. The van der Waals surface area contributed by atoms with Gasteiger partial charge < -0.3 is 29.1 Å². The van der Waals surface area contributed by atoms with Crippen LogP contribution in [0.4, 0.5) is 5.82 Å². The molecule has 0 aliphatic rings. The second kappa shape index (κ2) is 10.6. The highest BCUT2D eigenvalue weighted by Crippen LogP contribution is 2.39. The average molecular weight is 508 g/mol. The fourth-order valence-electron chi connectivity index (χ4n) is 4.31. The molecule has 0 atom stereocenters.